The zero-order valence-electron chi connectivity index (χ0n) is 14.3. The minimum atomic E-state index is -0.343. The second-order valence-electron chi connectivity index (χ2n) is 6.31. The molecule has 1 aromatic heterocycles. The number of nitrogens with one attached hydrogen (secondary N) is 2. The van der Waals surface area contributed by atoms with Crippen LogP contribution in [0.25, 0.3) is 0 Å². The van der Waals surface area contributed by atoms with Gasteiger partial charge in [-0.25, -0.2) is 9.18 Å². The van der Waals surface area contributed by atoms with Crippen molar-refractivity contribution in [1.82, 2.24) is 15.2 Å². The molecule has 2 aromatic rings. The van der Waals surface area contributed by atoms with Crippen LogP contribution in [0.2, 0.25) is 0 Å². The summed E-state index contributed by atoms with van der Waals surface area (Å²) in [4.78, 5) is 30.1. The minimum absolute atomic E-state index is 0.0212. The van der Waals surface area contributed by atoms with Crippen molar-refractivity contribution in [3.8, 4) is 0 Å². The van der Waals surface area contributed by atoms with E-state index in [2.05, 4.69) is 15.6 Å². The average Bonchev–Trinajstić information content (AvgIpc) is 2.69. The number of benzene rings is 1. The van der Waals surface area contributed by atoms with Crippen LogP contribution in [-0.4, -0.2) is 41.5 Å². The van der Waals surface area contributed by atoms with Crippen LogP contribution in [0.5, 0.6) is 0 Å². The maximum absolute atomic E-state index is 12.9. The second-order valence-corrected chi connectivity index (χ2v) is 6.31. The summed E-state index contributed by atoms with van der Waals surface area (Å²) in [5.74, 6) is 0.00681. The zero-order valence-corrected chi connectivity index (χ0v) is 14.3. The van der Waals surface area contributed by atoms with Crippen LogP contribution in [-0.2, 0) is 0 Å². The molecule has 0 radical (unpaired) electrons. The third-order valence-electron chi connectivity index (χ3n) is 4.48. The Hall–Kier alpha value is -2.96. The average molecular weight is 356 g/mol. The Morgan fingerprint density at radius 1 is 1.08 bits per heavy atom. The number of urea groups is 1. The number of hydrogen-bond acceptors (Lipinski definition) is 3. The van der Waals surface area contributed by atoms with Crippen LogP contribution in [0.4, 0.5) is 14.9 Å². The highest BCUT2D eigenvalue weighted by Crippen LogP contribution is 2.18. The van der Waals surface area contributed by atoms with Gasteiger partial charge in [-0.2, -0.15) is 0 Å². The topological polar surface area (TPSA) is 74.3 Å². The molecule has 1 saturated heterocycles. The molecule has 0 spiro atoms. The fraction of sp³-hybridized carbons (Fsp3) is 0.316. The zero-order chi connectivity index (χ0) is 18.4. The van der Waals surface area contributed by atoms with Crippen molar-refractivity contribution in [2.75, 3.05) is 25.0 Å². The van der Waals surface area contributed by atoms with Crippen molar-refractivity contribution in [2.24, 2.45) is 5.92 Å². The molecule has 3 rings (SSSR count). The van der Waals surface area contributed by atoms with E-state index in [0.717, 1.165) is 12.8 Å². The van der Waals surface area contributed by atoms with E-state index in [1.807, 2.05) is 4.90 Å². The van der Waals surface area contributed by atoms with Gasteiger partial charge >= 0.3 is 6.03 Å². The molecule has 0 aliphatic carbocycles. The Balaban J connectivity index is 1.40. The third kappa shape index (κ3) is 4.78. The van der Waals surface area contributed by atoms with Crippen molar-refractivity contribution in [3.63, 3.8) is 0 Å². The number of rotatable bonds is 4. The van der Waals surface area contributed by atoms with Crippen molar-refractivity contribution in [1.29, 1.82) is 0 Å². The molecule has 136 valence electrons. The van der Waals surface area contributed by atoms with Gasteiger partial charge in [-0.1, -0.05) is 0 Å². The highest BCUT2D eigenvalue weighted by Gasteiger charge is 2.23. The number of aromatic nitrogens is 1. The second kappa shape index (κ2) is 8.42. The smallest absolute Gasteiger partial charge is 0.319 e. The molecule has 0 unspecified atom stereocenters. The lowest BCUT2D eigenvalue weighted by atomic mass is 9.96. The van der Waals surface area contributed by atoms with Gasteiger partial charge in [0.1, 0.15) is 5.82 Å². The van der Waals surface area contributed by atoms with Crippen LogP contribution in [0.15, 0.2) is 48.8 Å². The molecule has 26 heavy (non-hydrogen) atoms. The molecule has 7 heteroatoms. The van der Waals surface area contributed by atoms with Crippen LogP contribution < -0.4 is 10.6 Å². The van der Waals surface area contributed by atoms with E-state index < -0.39 is 0 Å². The summed E-state index contributed by atoms with van der Waals surface area (Å²) in [5.41, 5.74) is 1.19. The molecule has 0 atom stereocenters. The van der Waals surface area contributed by atoms with Gasteiger partial charge in [-0.3, -0.25) is 9.78 Å². The molecule has 6 nitrogen and oxygen atoms in total. The fourth-order valence-electron chi connectivity index (χ4n) is 2.96. The number of pyridine rings is 1. The standard InChI is InChI=1S/C19H21FN4O2/c20-16-1-3-17(4-2-16)23-19(26)22-13-14-7-11-24(12-8-14)18(25)15-5-9-21-10-6-15/h1-6,9-10,14H,7-8,11-13H2,(H2,22,23,26). The normalized spacial score (nSPS) is 14.7. The molecule has 1 aliphatic heterocycles. The third-order valence-corrected chi connectivity index (χ3v) is 4.48. The van der Waals surface area contributed by atoms with Crippen LogP contribution in [0, 0.1) is 11.7 Å². The molecule has 1 aromatic carbocycles. The van der Waals surface area contributed by atoms with Gasteiger partial charge in [0.05, 0.1) is 0 Å². The number of carbonyl (C=O) groups excluding carboxylic acids is 2. The summed E-state index contributed by atoms with van der Waals surface area (Å²) in [6.07, 6.45) is 4.91. The fourth-order valence-corrected chi connectivity index (χ4v) is 2.96. The van der Waals surface area contributed by atoms with Crippen molar-refractivity contribution in [3.05, 3.63) is 60.2 Å². The van der Waals surface area contributed by atoms with E-state index in [9.17, 15) is 14.0 Å². The summed E-state index contributed by atoms with van der Waals surface area (Å²) in [6.45, 7) is 1.89. The Labute approximate surface area is 151 Å². The van der Waals surface area contributed by atoms with E-state index in [1.54, 1.807) is 24.5 Å². The number of anilines is 1. The van der Waals surface area contributed by atoms with Gasteiger partial charge in [-0.05, 0) is 55.2 Å². The first kappa shape index (κ1) is 17.8. The van der Waals surface area contributed by atoms with E-state index in [4.69, 9.17) is 0 Å². The number of carbonyl (C=O) groups is 2. The van der Waals surface area contributed by atoms with Gasteiger partial charge in [0.2, 0.25) is 0 Å². The minimum Gasteiger partial charge on any atom is -0.339 e. The first-order valence-corrected chi connectivity index (χ1v) is 8.61. The Morgan fingerprint density at radius 3 is 2.38 bits per heavy atom. The van der Waals surface area contributed by atoms with Crippen LogP contribution in [0.1, 0.15) is 23.2 Å². The number of likely N-dealkylation sites (tertiary alicyclic amines) is 1. The number of amides is 3. The lowest BCUT2D eigenvalue weighted by Gasteiger charge is -2.32. The van der Waals surface area contributed by atoms with Crippen molar-refractivity contribution in [2.45, 2.75) is 12.8 Å². The Kier molecular flexibility index (Phi) is 5.78. The highest BCUT2D eigenvalue weighted by molar-refractivity contribution is 5.94. The summed E-state index contributed by atoms with van der Waals surface area (Å²) in [7, 11) is 0. The van der Waals surface area contributed by atoms with Gasteiger partial charge in [0.15, 0.2) is 0 Å². The summed E-state index contributed by atoms with van der Waals surface area (Å²) in [6, 6.07) is 8.74. The SMILES string of the molecule is O=C(NCC1CCN(C(=O)c2ccncc2)CC1)Nc1ccc(F)cc1. The number of nitrogens with zero attached hydrogens (tertiary/aromatic N) is 2. The predicted molar refractivity (Wildman–Crippen MR) is 96.3 cm³/mol. The van der Waals surface area contributed by atoms with Gasteiger partial charge in [-0.15, -0.1) is 0 Å². The predicted octanol–water partition coefficient (Wildman–Crippen LogP) is 2.89. The Morgan fingerprint density at radius 2 is 1.73 bits per heavy atom. The van der Waals surface area contributed by atoms with Crippen molar-refractivity contribution < 1.29 is 14.0 Å². The van der Waals surface area contributed by atoms with E-state index in [0.29, 0.717) is 36.8 Å². The summed E-state index contributed by atoms with van der Waals surface area (Å²) in [5, 5.41) is 5.51. The first-order chi connectivity index (χ1) is 12.6. The molecule has 1 aliphatic rings. The first-order valence-electron chi connectivity index (χ1n) is 8.61. The number of halogens is 1. The molecule has 3 amide bonds. The van der Waals surface area contributed by atoms with Gasteiger partial charge in [0.25, 0.3) is 5.91 Å². The molecular weight excluding hydrogens is 335 g/mol. The summed E-state index contributed by atoms with van der Waals surface area (Å²) >= 11 is 0. The molecule has 0 bridgehead atoms. The lowest BCUT2D eigenvalue weighted by Crippen LogP contribution is -2.42. The van der Waals surface area contributed by atoms with E-state index in [1.165, 1.54) is 24.3 Å². The van der Waals surface area contributed by atoms with Gasteiger partial charge in [0, 0.05) is 43.3 Å². The largest absolute Gasteiger partial charge is 0.339 e. The van der Waals surface area contributed by atoms with E-state index >= 15 is 0 Å². The molecule has 1 fully saturated rings. The van der Waals surface area contributed by atoms with Crippen LogP contribution >= 0.6 is 0 Å². The van der Waals surface area contributed by atoms with Crippen LogP contribution in [0.3, 0.4) is 0 Å². The van der Waals surface area contributed by atoms with Crippen molar-refractivity contribution >= 4 is 17.6 Å². The molecule has 0 saturated carbocycles. The number of hydrogen-bond donors (Lipinski definition) is 2. The summed E-state index contributed by atoms with van der Waals surface area (Å²) < 4.78 is 12.9. The quantitative estimate of drug-likeness (QED) is 0.885. The molecular formula is C19H21FN4O2. The highest BCUT2D eigenvalue weighted by atomic mass is 19.1. The monoisotopic (exact) mass is 356 g/mol. The maximum Gasteiger partial charge on any atom is 0.319 e. The molecule has 2 heterocycles. The number of piperidine rings is 1. The lowest BCUT2D eigenvalue weighted by molar-refractivity contribution is 0.0690. The van der Waals surface area contributed by atoms with Gasteiger partial charge < -0.3 is 15.5 Å². The van der Waals surface area contributed by atoms with E-state index in [-0.39, 0.29) is 17.8 Å². The maximum atomic E-state index is 12.9. The molecule has 2 N–H and O–H groups in total. The Bertz CT molecular complexity index is 744.